The molecule has 0 spiro atoms. The molecule has 0 aromatic carbocycles. The van der Waals surface area contributed by atoms with E-state index in [0.29, 0.717) is 0 Å². The van der Waals surface area contributed by atoms with Gasteiger partial charge in [0.15, 0.2) is 0 Å². The molecule has 0 unspecified atom stereocenters. The van der Waals surface area contributed by atoms with Crippen LogP contribution in [-0.4, -0.2) is 12.4 Å². The van der Waals surface area contributed by atoms with E-state index in [0.717, 1.165) is 31.6 Å². The molecule has 0 saturated heterocycles. The quantitative estimate of drug-likeness (QED) is 0.168. The second-order valence-electron chi connectivity index (χ2n) is 5.43. The lowest BCUT2D eigenvalue weighted by Gasteiger charge is -2.01. The zero-order valence-corrected chi connectivity index (χ0v) is 15.6. The lowest BCUT2D eigenvalue weighted by Crippen LogP contribution is -1.85. The van der Waals surface area contributed by atoms with E-state index in [9.17, 15) is 0 Å². The van der Waals surface area contributed by atoms with Gasteiger partial charge < -0.3 is 4.18 Å². The zero-order valence-electron chi connectivity index (χ0n) is 14.8. The van der Waals surface area contributed by atoms with Crippen LogP contribution >= 0.6 is 12.0 Å². The summed E-state index contributed by atoms with van der Waals surface area (Å²) < 4.78 is 5.26. The second-order valence-corrected chi connectivity index (χ2v) is 6.31. The molecule has 0 saturated carbocycles. The van der Waals surface area contributed by atoms with Gasteiger partial charge in [-0.15, -0.1) is 0 Å². The number of allylic oxidation sites excluding steroid dienone is 6. The Kier molecular flexibility index (Phi) is 20.1. The summed E-state index contributed by atoms with van der Waals surface area (Å²) in [6, 6.07) is 0. The average molecular weight is 325 g/mol. The number of hydrogen-bond acceptors (Lipinski definition) is 2. The minimum Gasteiger partial charge on any atom is -0.316 e. The molecule has 128 valence electrons. The van der Waals surface area contributed by atoms with E-state index in [1.54, 1.807) is 12.0 Å². The molecule has 0 rings (SSSR count). The highest BCUT2D eigenvalue weighted by molar-refractivity contribution is 7.94. The van der Waals surface area contributed by atoms with Gasteiger partial charge in [-0.05, 0) is 57.5 Å². The summed E-state index contributed by atoms with van der Waals surface area (Å²) in [5, 5.41) is 0. The van der Waals surface area contributed by atoms with Crippen molar-refractivity contribution in [2.45, 2.75) is 78.1 Å². The molecule has 1 nitrogen and oxygen atoms in total. The van der Waals surface area contributed by atoms with Gasteiger partial charge in [0.2, 0.25) is 0 Å². The van der Waals surface area contributed by atoms with E-state index in [1.165, 1.54) is 44.9 Å². The van der Waals surface area contributed by atoms with Gasteiger partial charge in [0.25, 0.3) is 0 Å². The van der Waals surface area contributed by atoms with Crippen molar-refractivity contribution in [2.75, 3.05) is 12.4 Å². The molecule has 22 heavy (non-hydrogen) atoms. The predicted molar refractivity (Wildman–Crippen MR) is 103 cm³/mol. The van der Waals surface area contributed by atoms with Crippen molar-refractivity contribution in [3.05, 3.63) is 36.5 Å². The number of hydrogen-bond donors (Lipinski definition) is 0. The van der Waals surface area contributed by atoms with Gasteiger partial charge in [0, 0.05) is 5.75 Å². The molecular formula is C20H36OS. The van der Waals surface area contributed by atoms with Gasteiger partial charge in [-0.25, -0.2) is 0 Å². The molecule has 0 aliphatic carbocycles. The summed E-state index contributed by atoms with van der Waals surface area (Å²) in [6.45, 7) is 5.04. The zero-order chi connectivity index (χ0) is 16.1. The van der Waals surface area contributed by atoms with E-state index < -0.39 is 0 Å². The van der Waals surface area contributed by atoms with E-state index in [2.05, 4.69) is 43.4 Å². The molecular weight excluding hydrogens is 288 g/mol. The van der Waals surface area contributed by atoms with Crippen molar-refractivity contribution in [3.63, 3.8) is 0 Å². The first-order valence-corrected chi connectivity index (χ1v) is 10.0. The van der Waals surface area contributed by atoms with Gasteiger partial charge in [-0.1, -0.05) is 69.1 Å². The van der Waals surface area contributed by atoms with Crippen molar-refractivity contribution in [1.82, 2.24) is 0 Å². The smallest absolute Gasteiger partial charge is 0.0585 e. The van der Waals surface area contributed by atoms with E-state index in [-0.39, 0.29) is 0 Å². The van der Waals surface area contributed by atoms with Gasteiger partial charge in [0.05, 0.1) is 6.61 Å². The molecule has 0 fully saturated rings. The monoisotopic (exact) mass is 324 g/mol. The topological polar surface area (TPSA) is 9.23 Å². The first-order chi connectivity index (χ1) is 10.9. The van der Waals surface area contributed by atoms with Crippen LogP contribution in [0.3, 0.4) is 0 Å². The molecule has 0 bridgehead atoms. The molecule has 0 aromatic rings. The molecule has 0 N–H and O–H groups in total. The van der Waals surface area contributed by atoms with E-state index >= 15 is 0 Å². The fourth-order valence-electron chi connectivity index (χ4n) is 2.10. The maximum Gasteiger partial charge on any atom is 0.0585 e. The Labute approximate surface area is 143 Å². The van der Waals surface area contributed by atoms with E-state index in [4.69, 9.17) is 4.18 Å². The summed E-state index contributed by atoms with van der Waals surface area (Å²) in [7, 11) is 0. The van der Waals surface area contributed by atoms with Gasteiger partial charge in [-0.2, -0.15) is 0 Å². The van der Waals surface area contributed by atoms with E-state index in [1.807, 2.05) is 6.92 Å². The summed E-state index contributed by atoms with van der Waals surface area (Å²) >= 11 is 1.62. The molecule has 0 heterocycles. The van der Waals surface area contributed by atoms with Crippen molar-refractivity contribution in [1.29, 1.82) is 0 Å². The van der Waals surface area contributed by atoms with Crippen LogP contribution in [0.25, 0.3) is 0 Å². The normalized spacial score (nSPS) is 12.3. The maximum absolute atomic E-state index is 5.26. The highest BCUT2D eigenvalue weighted by Gasteiger charge is 1.92. The van der Waals surface area contributed by atoms with Gasteiger partial charge >= 0.3 is 0 Å². The van der Waals surface area contributed by atoms with Crippen LogP contribution in [0.2, 0.25) is 0 Å². The minimum atomic E-state index is 0.823. The predicted octanol–water partition coefficient (Wildman–Crippen LogP) is 7.26. The van der Waals surface area contributed by atoms with Crippen LogP contribution < -0.4 is 0 Å². The summed E-state index contributed by atoms with van der Waals surface area (Å²) in [5.41, 5.74) is 0. The second kappa shape index (κ2) is 20.5. The Bertz CT molecular complexity index is 281. The van der Waals surface area contributed by atoms with Crippen LogP contribution in [0.5, 0.6) is 0 Å². The van der Waals surface area contributed by atoms with Crippen LogP contribution in [0.15, 0.2) is 36.5 Å². The highest BCUT2D eigenvalue weighted by atomic mass is 32.2. The lowest BCUT2D eigenvalue weighted by atomic mass is 10.1. The van der Waals surface area contributed by atoms with Gasteiger partial charge in [-0.3, -0.25) is 0 Å². The Hall–Kier alpha value is -0.470. The Balaban J connectivity index is 3.15. The first-order valence-electron chi connectivity index (χ1n) is 9.11. The molecule has 0 aliphatic heterocycles. The van der Waals surface area contributed by atoms with Crippen LogP contribution in [0.1, 0.15) is 78.1 Å². The Morgan fingerprint density at radius 1 is 0.682 bits per heavy atom. The number of unbranched alkanes of at least 4 members (excludes halogenated alkanes) is 6. The summed E-state index contributed by atoms with van der Waals surface area (Å²) in [6.07, 6.45) is 26.3. The van der Waals surface area contributed by atoms with Crippen molar-refractivity contribution >= 4 is 12.0 Å². The molecule has 0 radical (unpaired) electrons. The molecule has 0 aromatic heterocycles. The Morgan fingerprint density at radius 2 is 1.27 bits per heavy atom. The third-order valence-corrected chi connectivity index (χ3v) is 4.19. The standard InChI is InChI=1S/C20H36OS/c1-3-5-6-7-8-9-10-11-12-13-14-15-16-17-18-19-20-22-21-4-2/h5-6,8-9,11-12H,3-4,7,10,13-20H2,1-2H3/b6-5-,9-8-,12-11-. The first kappa shape index (κ1) is 21.5. The largest absolute Gasteiger partial charge is 0.316 e. The Morgan fingerprint density at radius 3 is 1.95 bits per heavy atom. The lowest BCUT2D eigenvalue weighted by molar-refractivity contribution is 0.401. The van der Waals surface area contributed by atoms with Crippen LogP contribution in [0.4, 0.5) is 0 Å². The third kappa shape index (κ3) is 19.5. The SMILES string of the molecule is CC/C=C\C/C=C\C/C=C\CCCCCCCCSOCC. The fraction of sp³-hybridized carbons (Fsp3) is 0.700. The molecule has 0 aliphatic rings. The van der Waals surface area contributed by atoms with Crippen molar-refractivity contribution < 1.29 is 4.18 Å². The highest BCUT2D eigenvalue weighted by Crippen LogP contribution is 2.11. The molecule has 0 amide bonds. The van der Waals surface area contributed by atoms with Crippen LogP contribution in [-0.2, 0) is 4.18 Å². The van der Waals surface area contributed by atoms with Crippen LogP contribution in [0, 0.1) is 0 Å². The maximum atomic E-state index is 5.26. The number of rotatable bonds is 16. The molecule has 0 atom stereocenters. The van der Waals surface area contributed by atoms with Crippen molar-refractivity contribution in [2.24, 2.45) is 0 Å². The van der Waals surface area contributed by atoms with Crippen molar-refractivity contribution in [3.8, 4) is 0 Å². The summed E-state index contributed by atoms with van der Waals surface area (Å²) in [5.74, 6) is 1.15. The average Bonchev–Trinajstić information content (AvgIpc) is 2.54. The molecule has 2 heteroatoms. The minimum absolute atomic E-state index is 0.823. The fourth-order valence-corrected chi connectivity index (χ4v) is 2.71. The third-order valence-electron chi connectivity index (χ3n) is 3.33. The van der Waals surface area contributed by atoms with Gasteiger partial charge in [0.1, 0.15) is 0 Å². The summed E-state index contributed by atoms with van der Waals surface area (Å²) in [4.78, 5) is 0.